The molecule has 2 rings (SSSR count). The lowest BCUT2D eigenvalue weighted by molar-refractivity contribution is 0.200. The maximum atomic E-state index is 3.62. The molecule has 1 saturated carbocycles. The normalized spacial score (nSPS) is 32.2. The Morgan fingerprint density at radius 3 is 2.18 bits per heavy atom. The van der Waals surface area contributed by atoms with E-state index in [0.717, 1.165) is 12.0 Å². The number of hydrogen-bond donors (Lipinski definition) is 1. The van der Waals surface area contributed by atoms with Crippen molar-refractivity contribution < 1.29 is 0 Å². The Kier molecular flexibility index (Phi) is 3.67. The number of piperidine rings is 1. The highest BCUT2D eigenvalue weighted by molar-refractivity contribution is 5.85. The minimum absolute atomic E-state index is 0. The molecule has 11 heavy (non-hydrogen) atoms. The van der Waals surface area contributed by atoms with Crippen LogP contribution < -0.4 is 5.32 Å². The Balaban J connectivity index is 0.000000605. The molecule has 1 aliphatic carbocycles. The van der Waals surface area contributed by atoms with Crippen LogP contribution in [0.2, 0.25) is 0 Å². The molecule has 1 saturated heterocycles. The second-order valence-corrected chi connectivity index (χ2v) is 3.75. The standard InChI is InChI=1S/C9H17N.ClH/c1-2-7-10-9(6-1)8-4-3-5-8;/h8-10H,1-7H2;1H. The zero-order chi connectivity index (χ0) is 6.81. The molecule has 0 aromatic heterocycles. The summed E-state index contributed by atoms with van der Waals surface area (Å²) in [6.45, 7) is 1.28. The van der Waals surface area contributed by atoms with Gasteiger partial charge in [0.25, 0.3) is 0 Å². The molecule has 1 unspecified atom stereocenters. The molecule has 0 spiro atoms. The van der Waals surface area contributed by atoms with Crippen molar-refractivity contribution in [3.63, 3.8) is 0 Å². The summed E-state index contributed by atoms with van der Waals surface area (Å²) in [6.07, 6.45) is 8.81. The lowest BCUT2D eigenvalue weighted by atomic mass is 9.77. The lowest BCUT2D eigenvalue weighted by Crippen LogP contribution is -2.42. The van der Waals surface area contributed by atoms with E-state index in [9.17, 15) is 0 Å². The molecule has 0 amide bonds. The van der Waals surface area contributed by atoms with Gasteiger partial charge in [-0.15, -0.1) is 12.4 Å². The van der Waals surface area contributed by atoms with Gasteiger partial charge in [0, 0.05) is 6.04 Å². The lowest BCUT2D eigenvalue weighted by Gasteiger charge is -2.36. The van der Waals surface area contributed by atoms with Crippen molar-refractivity contribution in [1.29, 1.82) is 0 Å². The maximum absolute atomic E-state index is 3.62. The van der Waals surface area contributed by atoms with Crippen molar-refractivity contribution in [2.45, 2.75) is 44.6 Å². The average Bonchev–Trinajstić information content (AvgIpc) is 1.86. The molecule has 2 fully saturated rings. The fourth-order valence-electron chi connectivity index (χ4n) is 2.12. The van der Waals surface area contributed by atoms with E-state index >= 15 is 0 Å². The first kappa shape index (κ1) is 9.34. The van der Waals surface area contributed by atoms with E-state index in [-0.39, 0.29) is 12.4 Å². The van der Waals surface area contributed by atoms with Crippen LogP contribution in [-0.4, -0.2) is 12.6 Å². The fourth-order valence-corrected chi connectivity index (χ4v) is 2.12. The Morgan fingerprint density at radius 2 is 1.73 bits per heavy atom. The Bertz CT molecular complexity index is 106. The summed E-state index contributed by atoms with van der Waals surface area (Å²) in [4.78, 5) is 0. The number of halogens is 1. The van der Waals surface area contributed by atoms with Gasteiger partial charge in [0.15, 0.2) is 0 Å². The molecule has 1 heterocycles. The molecule has 1 aliphatic heterocycles. The van der Waals surface area contributed by atoms with Crippen LogP contribution in [0.5, 0.6) is 0 Å². The van der Waals surface area contributed by atoms with Gasteiger partial charge in [-0.2, -0.15) is 0 Å². The summed E-state index contributed by atoms with van der Waals surface area (Å²) in [6, 6.07) is 0.905. The monoisotopic (exact) mass is 175 g/mol. The zero-order valence-electron chi connectivity index (χ0n) is 7.01. The second kappa shape index (κ2) is 4.32. The Labute approximate surface area is 75.4 Å². The van der Waals surface area contributed by atoms with Gasteiger partial charge in [-0.25, -0.2) is 0 Å². The van der Waals surface area contributed by atoms with Crippen molar-refractivity contribution in [1.82, 2.24) is 5.32 Å². The van der Waals surface area contributed by atoms with Gasteiger partial charge < -0.3 is 5.32 Å². The second-order valence-electron chi connectivity index (χ2n) is 3.75. The van der Waals surface area contributed by atoms with Crippen LogP contribution in [0, 0.1) is 5.92 Å². The van der Waals surface area contributed by atoms with Crippen LogP contribution in [0.25, 0.3) is 0 Å². The molecule has 0 radical (unpaired) electrons. The highest BCUT2D eigenvalue weighted by Gasteiger charge is 2.27. The maximum Gasteiger partial charge on any atom is 0.00953 e. The van der Waals surface area contributed by atoms with E-state index in [4.69, 9.17) is 0 Å². The molecule has 1 atom stereocenters. The molecular weight excluding hydrogens is 158 g/mol. The van der Waals surface area contributed by atoms with Crippen LogP contribution >= 0.6 is 12.4 Å². The predicted octanol–water partition coefficient (Wildman–Crippen LogP) is 2.35. The quantitative estimate of drug-likeness (QED) is 0.645. The number of rotatable bonds is 1. The first-order valence-corrected chi connectivity index (χ1v) is 4.70. The number of hydrogen-bond acceptors (Lipinski definition) is 1. The van der Waals surface area contributed by atoms with E-state index in [1.54, 1.807) is 0 Å². The molecule has 1 N–H and O–H groups in total. The average molecular weight is 176 g/mol. The van der Waals surface area contributed by atoms with Crippen molar-refractivity contribution >= 4 is 12.4 Å². The molecular formula is C9H18ClN. The summed E-state index contributed by atoms with van der Waals surface area (Å²) < 4.78 is 0. The first-order valence-electron chi connectivity index (χ1n) is 4.70. The molecule has 2 heteroatoms. The summed E-state index contributed by atoms with van der Waals surface area (Å²) in [5.41, 5.74) is 0. The van der Waals surface area contributed by atoms with Crippen molar-refractivity contribution in [3.8, 4) is 0 Å². The first-order chi connectivity index (χ1) is 4.97. The van der Waals surface area contributed by atoms with Gasteiger partial charge in [-0.3, -0.25) is 0 Å². The third-order valence-electron chi connectivity index (χ3n) is 3.07. The van der Waals surface area contributed by atoms with Gasteiger partial charge in [0.05, 0.1) is 0 Å². The molecule has 0 aromatic carbocycles. The van der Waals surface area contributed by atoms with Crippen LogP contribution in [0.15, 0.2) is 0 Å². The minimum atomic E-state index is 0. The summed E-state index contributed by atoms with van der Waals surface area (Å²) in [7, 11) is 0. The third kappa shape index (κ3) is 2.09. The highest BCUT2D eigenvalue weighted by Crippen LogP contribution is 2.32. The highest BCUT2D eigenvalue weighted by atomic mass is 35.5. The van der Waals surface area contributed by atoms with Gasteiger partial charge in [0.1, 0.15) is 0 Å². The zero-order valence-corrected chi connectivity index (χ0v) is 7.83. The Hall–Kier alpha value is 0.250. The molecule has 1 nitrogen and oxygen atoms in total. The van der Waals surface area contributed by atoms with Crippen LogP contribution in [0.1, 0.15) is 38.5 Å². The van der Waals surface area contributed by atoms with E-state index in [1.165, 1.54) is 45.1 Å². The molecule has 2 aliphatic rings. The Morgan fingerprint density at radius 1 is 0.909 bits per heavy atom. The van der Waals surface area contributed by atoms with Crippen LogP contribution in [0.4, 0.5) is 0 Å². The van der Waals surface area contributed by atoms with Crippen molar-refractivity contribution in [2.24, 2.45) is 5.92 Å². The summed E-state index contributed by atoms with van der Waals surface area (Å²) in [5.74, 6) is 1.06. The van der Waals surface area contributed by atoms with Crippen molar-refractivity contribution in [3.05, 3.63) is 0 Å². The van der Waals surface area contributed by atoms with Crippen molar-refractivity contribution in [2.75, 3.05) is 6.54 Å². The molecule has 0 bridgehead atoms. The third-order valence-corrected chi connectivity index (χ3v) is 3.07. The van der Waals surface area contributed by atoms with E-state index in [1.807, 2.05) is 0 Å². The number of nitrogens with one attached hydrogen (secondary N) is 1. The van der Waals surface area contributed by atoms with Crippen LogP contribution in [0.3, 0.4) is 0 Å². The van der Waals surface area contributed by atoms with Gasteiger partial charge >= 0.3 is 0 Å². The molecule has 0 aromatic rings. The van der Waals surface area contributed by atoms with E-state index in [0.29, 0.717) is 0 Å². The fraction of sp³-hybridized carbons (Fsp3) is 1.00. The van der Waals surface area contributed by atoms with E-state index in [2.05, 4.69) is 5.32 Å². The topological polar surface area (TPSA) is 12.0 Å². The summed E-state index contributed by atoms with van der Waals surface area (Å²) >= 11 is 0. The molecule has 66 valence electrons. The summed E-state index contributed by atoms with van der Waals surface area (Å²) in [5, 5.41) is 3.62. The SMILES string of the molecule is C1CCC(C2CCC2)NC1.Cl. The van der Waals surface area contributed by atoms with Gasteiger partial charge in [0.2, 0.25) is 0 Å². The minimum Gasteiger partial charge on any atom is -0.314 e. The van der Waals surface area contributed by atoms with Crippen LogP contribution in [-0.2, 0) is 0 Å². The van der Waals surface area contributed by atoms with E-state index < -0.39 is 0 Å². The predicted molar refractivity (Wildman–Crippen MR) is 50.2 cm³/mol. The largest absolute Gasteiger partial charge is 0.314 e. The van der Waals surface area contributed by atoms with Gasteiger partial charge in [-0.05, 0) is 38.1 Å². The van der Waals surface area contributed by atoms with Gasteiger partial charge in [-0.1, -0.05) is 12.8 Å². The smallest absolute Gasteiger partial charge is 0.00953 e.